The van der Waals surface area contributed by atoms with Gasteiger partial charge in [-0.15, -0.1) is 0 Å². The van der Waals surface area contributed by atoms with Gasteiger partial charge in [0.15, 0.2) is 11.5 Å². The average molecular weight is 289 g/mol. The summed E-state index contributed by atoms with van der Waals surface area (Å²) >= 11 is 0. The van der Waals surface area contributed by atoms with E-state index in [-0.39, 0.29) is 17.1 Å². The van der Waals surface area contributed by atoms with E-state index in [9.17, 15) is 15.0 Å². The van der Waals surface area contributed by atoms with Crippen molar-refractivity contribution in [3.8, 4) is 23.0 Å². The van der Waals surface area contributed by atoms with Crippen molar-refractivity contribution in [1.29, 1.82) is 0 Å². The number of phenols is 2. The molecule has 0 aliphatic heterocycles. The number of carbonyl (C=O) groups excluding carboxylic acids is 1. The van der Waals surface area contributed by atoms with Crippen molar-refractivity contribution in [2.24, 2.45) is 0 Å². The van der Waals surface area contributed by atoms with Gasteiger partial charge in [0.25, 0.3) is 5.91 Å². The number of methoxy groups -OCH3 is 2. The zero-order valence-corrected chi connectivity index (χ0v) is 11.6. The summed E-state index contributed by atoms with van der Waals surface area (Å²) in [6.45, 7) is 0. The van der Waals surface area contributed by atoms with Crippen LogP contribution < -0.4 is 14.8 Å². The molecule has 0 saturated heterocycles. The number of anilines is 1. The third-order valence-corrected chi connectivity index (χ3v) is 2.88. The molecule has 0 aromatic heterocycles. The fourth-order valence-corrected chi connectivity index (χ4v) is 1.89. The van der Waals surface area contributed by atoms with Gasteiger partial charge in [0, 0.05) is 6.07 Å². The van der Waals surface area contributed by atoms with E-state index in [4.69, 9.17) is 9.47 Å². The number of para-hydroxylation sites is 1. The summed E-state index contributed by atoms with van der Waals surface area (Å²) < 4.78 is 10.4. The van der Waals surface area contributed by atoms with Crippen LogP contribution in [0.1, 0.15) is 10.4 Å². The fraction of sp³-hybridized carbons (Fsp3) is 0.133. The number of amides is 1. The molecule has 0 spiro atoms. The standard InChI is InChI=1S/C15H15NO5/c1-20-13-5-3-4-11(14(13)21-2)16-15(19)10-7-6-9(17)8-12(10)18/h3-8,17-18H,1-2H3,(H,16,19). The van der Waals surface area contributed by atoms with Crippen LogP contribution in [0, 0.1) is 0 Å². The molecule has 3 N–H and O–H groups in total. The molecular formula is C15H15NO5. The first-order valence-electron chi connectivity index (χ1n) is 6.11. The maximum Gasteiger partial charge on any atom is 0.259 e. The first-order chi connectivity index (χ1) is 10.1. The molecule has 0 saturated carbocycles. The van der Waals surface area contributed by atoms with Gasteiger partial charge in [-0.1, -0.05) is 6.07 Å². The van der Waals surface area contributed by atoms with Crippen LogP contribution in [0.4, 0.5) is 5.69 Å². The van der Waals surface area contributed by atoms with Gasteiger partial charge < -0.3 is 25.0 Å². The van der Waals surface area contributed by atoms with Crippen molar-refractivity contribution in [1.82, 2.24) is 0 Å². The van der Waals surface area contributed by atoms with Crippen LogP contribution in [0.3, 0.4) is 0 Å². The number of hydrogen-bond acceptors (Lipinski definition) is 5. The predicted molar refractivity (Wildman–Crippen MR) is 77.3 cm³/mol. The van der Waals surface area contributed by atoms with Crippen molar-refractivity contribution in [2.75, 3.05) is 19.5 Å². The molecule has 0 radical (unpaired) electrons. The highest BCUT2D eigenvalue weighted by atomic mass is 16.5. The van der Waals surface area contributed by atoms with Gasteiger partial charge in [0.1, 0.15) is 11.5 Å². The second-order valence-electron chi connectivity index (χ2n) is 4.20. The summed E-state index contributed by atoms with van der Waals surface area (Å²) in [7, 11) is 2.96. The minimum atomic E-state index is -0.529. The predicted octanol–water partition coefficient (Wildman–Crippen LogP) is 2.37. The third kappa shape index (κ3) is 3.00. The van der Waals surface area contributed by atoms with Crippen LogP contribution in [-0.4, -0.2) is 30.3 Å². The Bertz CT molecular complexity index is 669. The average Bonchev–Trinajstić information content (AvgIpc) is 2.46. The number of carbonyl (C=O) groups is 1. The van der Waals surface area contributed by atoms with Crippen molar-refractivity contribution in [3.63, 3.8) is 0 Å². The molecule has 2 rings (SSSR count). The van der Waals surface area contributed by atoms with Crippen LogP contribution >= 0.6 is 0 Å². The molecule has 0 aliphatic rings. The largest absolute Gasteiger partial charge is 0.508 e. The Hall–Kier alpha value is -2.89. The Kier molecular flexibility index (Phi) is 4.18. The Morgan fingerprint density at radius 1 is 1.10 bits per heavy atom. The van der Waals surface area contributed by atoms with Crippen molar-refractivity contribution in [3.05, 3.63) is 42.0 Å². The molecule has 1 amide bonds. The monoisotopic (exact) mass is 289 g/mol. The Morgan fingerprint density at radius 3 is 2.48 bits per heavy atom. The SMILES string of the molecule is COc1cccc(NC(=O)c2ccc(O)cc2O)c1OC. The molecule has 6 heteroatoms. The highest BCUT2D eigenvalue weighted by molar-refractivity contribution is 6.07. The lowest BCUT2D eigenvalue weighted by molar-refractivity contribution is 0.102. The summed E-state index contributed by atoms with van der Waals surface area (Å²) in [4.78, 5) is 12.2. The van der Waals surface area contributed by atoms with E-state index in [1.165, 1.54) is 26.4 Å². The summed E-state index contributed by atoms with van der Waals surface area (Å²) in [6, 6.07) is 8.79. The first-order valence-corrected chi connectivity index (χ1v) is 6.11. The minimum Gasteiger partial charge on any atom is -0.508 e. The molecule has 0 heterocycles. The zero-order chi connectivity index (χ0) is 15.4. The number of aromatic hydroxyl groups is 2. The topological polar surface area (TPSA) is 88.0 Å². The second-order valence-corrected chi connectivity index (χ2v) is 4.20. The van der Waals surface area contributed by atoms with Crippen molar-refractivity contribution < 1.29 is 24.5 Å². The summed E-state index contributed by atoms with van der Waals surface area (Å²) in [5.74, 6) is -0.103. The van der Waals surface area contributed by atoms with Gasteiger partial charge in [-0.25, -0.2) is 0 Å². The zero-order valence-electron chi connectivity index (χ0n) is 11.6. The number of ether oxygens (including phenoxy) is 2. The summed E-state index contributed by atoms with van der Waals surface area (Å²) in [6.07, 6.45) is 0. The molecule has 6 nitrogen and oxygen atoms in total. The number of benzene rings is 2. The van der Waals surface area contributed by atoms with Crippen molar-refractivity contribution in [2.45, 2.75) is 0 Å². The summed E-state index contributed by atoms with van der Waals surface area (Å²) in [5, 5.41) is 21.5. The maximum atomic E-state index is 12.2. The van der Waals surface area contributed by atoms with Gasteiger partial charge >= 0.3 is 0 Å². The van der Waals surface area contributed by atoms with E-state index in [1.54, 1.807) is 18.2 Å². The third-order valence-electron chi connectivity index (χ3n) is 2.88. The van der Waals surface area contributed by atoms with Crippen LogP contribution in [0.2, 0.25) is 0 Å². The van der Waals surface area contributed by atoms with Gasteiger partial charge in [-0.2, -0.15) is 0 Å². The normalized spacial score (nSPS) is 10.0. The molecule has 2 aromatic carbocycles. The van der Waals surface area contributed by atoms with Gasteiger partial charge in [0.2, 0.25) is 0 Å². The highest BCUT2D eigenvalue weighted by Crippen LogP contribution is 2.35. The fourth-order valence-electron chi connectivity index (χ4n) is 1.89. The molecule has 0 aliphatic carbocycles. The molecule has 0 atom stereocenters. The van der Waals surface area contributed by atoms with Gasteiger partial charge in [-0.05, 0) is 24.3 Å². The van der Waals surface area contributed by atoms with Gasteiger partial charge in [0.05, 0.1) is 25.5 Å². The maximum absolute atomic E-state index is 12.2. The lowest BCUT2D eigenvalue weighted by atomic mass is 10.1. The quantitative estimate of drug-likeness (QED) is 0.804. The van der Waals surface area contributed by atoms with Crippen LogP contribution in [0.5, 0.6) is 23.0 Å². The van der Waals surface area contributed by atoms with E-state index in [0.717, 1.165) is 6.07 Å². The molecule has 0 unspecified atom stereocenters. The highest BCUT2D eigenvalue weighted by Gasteiger charge is 2.16. The van der Waals surface area contributed by atoms with E-state index in [0.29, 0.717) is 17.2 Å². The first kappa shape index (κ1) is 14.5. The Labute approximate surface area is 121 Å². The van der Waals surface area contributed by atoms with E-state index >= 15 is 0 Å². The van der Waals surface area contributed by atoms with Gasteiger partial charge in [-0.3, -0.25) is 4.79 Å². The molecule has 0 bridgehead atoms. The molecular weight excluding hydrogens is 274 g/mol. The lowest BCUT2D eigenvalue weighted by Crippen LogP contribution is -2.13. The molecule has 2 aromatic rings. The second kappa shape index (κ2) is 6.04. The van der Waals surface area contributed by atoms with Crippen molar-refractivity contribution >= 4 is 11.6 Å². The van der Waals surface area contributed by atoms with E-state index in [2.05, 4.69) is 5.32 Å². The number of hydrogen-bond donors (Lipinski definition) is 3. The molecule has 21 heavy (non-hydrogen) atoms. The smallest absolute Gasteiger partial charge is 0.259 e. The van der Waals surface area contributed by atoms with Crippen LogP contribution in [0.15, 0.2) is 36.4 Å². The number of nitrogens with one attached hydrogen (secondary N) is 1. The van der Waals surface area contributed by atoms with E-state index in [1.807, 2.05) is 0 Å². The van der Waals surface area contributed by atoms with Crippen LogP contribution in [0.25, 0.3) is 0 Å². The number of rotatable bonds is 4. The molecule has 0 fully saturated rings. The van der Waals surface area contributed by atoms with Crippen LogP contribution in [-0.2, 0) is 0 Å². The summed E-state index contributed by atoms with van der Waals surface area (Å²) in [5.41, 5.74) is 0.451. The Balaban J connectivity index is 2.31. The Morgan fingerprint density at radius 2 is 1.86 bits per heavy atom. The lowest BCUT2D eigenvalue weighted by Gasteiger charge is -2.13. The molecule has 110 valence electrons. The van der Waals surface area contributed by atoms with E-state index < -0.39 is 5.91 Å². The number of phenolic OH excluding ortho intramolecular Hbond substituents is 2. The minimum absolute atomic E-state index is 0.0395.